The Bertz CT molecular complexity index is 1070. The molecule has 1 aliphatic heterocycles. The number of urea groups is 1. The molecule has 1 aromatic heterocycles. The van der Waals surface area contributed by atoms with Gasteiger partial charge in [-0.15, -0.1) is 0 Å². The number of rotatable bonds is 7. The number of carbonyl (C=O) groups excluding carboxylic acids is 3. The summed E-state index contributed by atoms with van der Waals surface area (Å²) in [5.74, 6) is -3.35. The topological polar surface area (TPSA) is 79.8 Å². The van der Waals surface area contributed by atoms with Crippen LogP contribution in [-0.4, -0.2) is 52.3 Å². The van der Waals surface area contributed by atoms with Gasteiger partial charge in [0.05, 0.1) is 5.69 Å². The number of pyridine rings is 1. The number of hydrogen-bond donors (Lipinski definition) is 0. The maximum Gasteiger partial charge on any atom is 0.497 e. The summed E-state index contributed by atoms with van der Waals surface area (Å²) >= 11 is 0. The number of carbonyl (C=O) groups is 3. The number of aromatic nitrogens is 1. The molecule has 0 radical (unpaired) electrons. The summed E-state index contributed by atoms with van der Waals surface area (Å²) in [5, 5.41) is 0. The molecule has 1 aromatic carbocycles. The third-order valence-corrected chi connectivity index (χ3v) is 5.99. The molecule has 1 saturated heterocycles. The van der Waals surface area contributed by atoms with E-state index in [2.05, 4.69) is 9.88 Å². The Morgan fingerprint density at radius 3 is 2.12 bits per heavy atom. The van der Waals surface area contributed by atoms with Gasteiger partial charge in [-0.05, 0) is 54.9 Å². The Morgan fingerprint density at radius 1 is 1.06 bits per heavy atom. The summed E-state index contributed by atoms with van der Waals surface area (Å²) in [5.41, 5.74) is -0.471. The number of hydroxylamine groups is 3. The van der Waals surface area contributed by atoms with Crippen LogP contribution in [0.1, 0.15) is 33.3 Å². The normalized spacial score (nSPS) is 19.9. The molecule has 0 aliphatic carbocycles. The van der Waals surface area contributed by atoms with Crippen molar-refractivity contribution in [1.29, 1.82) is 0 Å². The van der Waals surface area contributed by atoms with E-state index in [0.29, 0.717) is 5.56 Å². The number of nitrogens with zero attached hydrogens (tertiary/aromatic N) is 4. The van der Waals surface area contributed by atoms with Crippen LogP contribution in [0.4, 0.5) is 29.3 Å². The summed E-state index contributed by atoms with van der Waals surface area (Å²) < 4.78 is 38.0. The van der Waals surface area contributed by atoms with E-state index in [-0.39, 0.29) is 5.69 Å². The molecule has 11 heteroatoms. The van der Waals surface area contributed by atoms with Gasteiger partial charge in [0.15, 0.2) is 6.54 Å². The van der Waals surface area contributed by atoms with Gasteiger partial charge in [0.25, 0.3) is 0 Å². The summed E-state index contributed by atoms with van der Waals surface area (Å²) in [7, 11) is 0. The van der Waals surface area contributed by atoms with Crippen LogP contribution in [-0.2, 0) is 21.0 Å². The minimum atomic E-state index is -5.36. The van der Waals surface area contributed by atoms with E-state index in [0.717, 1.165) is 23.7 Å². The minimum Gasteiger partial charge on any atom is -0.372 e. The fourth-order valence-corrected chi connectivity index (χ4v) is 3.93. The molecule has 1 aliphatic rings. The Hall–Kier alpha value is -3.47. The van der Waals surface area contributed by atoms with Gasteiger partial charge >= 0.3 is 24.1 Å². The van der Waals surface area contributed by atoms with Crippen LogP contribution in [0.15, 0.2) is 48.8 Å². The second kappa shape index (κ2) is 9.05. The van der Waals surface area contributed by atoms with Crippen LogP contribution in [0.2, 0.25) is 0 Å². The zero-order valence-electron chi connectivity index (χ0n) is 19.3. The molecular formula is C23H26F3N4O4+. The van der Waals surface area contributed by atoms with E-state index in [4.69, 9.17) is 4.84 Å². The number of amides is 3. The number of halogens is 3. The lowest BCUT2D eigenvalue weighted by molar-refractivity contribution is -1.06. The van der Waals surface area contributed by atoms with Crippen molar-refractivity contribution in [2.24, 2.45) is 0 Å². The quantitative estimate of drug-likeness (QED) is 0.437. The molecule has 1 unspecified atom stereocenters. The van der Waals surface area contributed by atoms with E-state index in [9.17, 15) is 27.6 Å². The van der Waals surface area contributed by atoms with Gasteiger partial charge in [-0.25, -0.2) is 9.59 Å². The van der Waals surface area contributed by atoms with Crippen molar-refractivity contribution >= 4 is 29.3 Å². The van der Waals surface area contributed by atoms with Crippen LogP contribution in [0.3, 0.4) is 0 Å². The van der Waals surface area contributed by atoms with Crippen molar-refractivity contribution < 1.29 is 37.0 Å². The molecule has 0 N–H and O–H groups in total. The maximum absolute atomic E-state index is 13.7. The Labute approximate surface area is 195 Å². The number of quaternary nitrogens is 1. The second-order valence-electron chi connectivity index (χ2n) is 8.30. The molecule has 3 rings (SSSR count). The third kappa shape index (κ3) is 4.23. The van der Waals surface area contributed by atoms with E-state index in [1.165, 1.54) is 50.5 Å². The molecule has 0 saturated carbocycles. The molecule has 2 aromatic rings. The standard InChI is InChI=1S/C23H26F3N4O4/c1-5-28(6-2)17-7-9-18(10-8-17)29-19(31)22(3,4)30(21(29)33,34-20(32)23(24,25)26)15-16-11-13-27-14-12-16/h7-14H,5-6,15H2,1-4H3/q+1. The highest BCUT2D eigenvalue weighted by Gasteiger charge is 2.71. The van der Waals surface area contributed by atoms with Gasteiger partial charge in [-0.1, -0.05) is 0 Å². The molecule has 1 fully saturated rings. The van der Waals surface area contributed by atoms with Crippen molar-refractivity contribution in [1.82, 2.24) is 4.98 Å². The first kappa shape index (κ1) is 25.2. The predicted molar refractivity (Wildman–Crippen MR) is 117 cm³/mol. The van der Waals surface area contributed by atoms with Crippen molar-refractivity contribution in [3.05, 3.63) is 54.4 Å². The van der Waals surface area contributed by atoms with Crippen LogP contribution in [0.5, 0.6) is 0 Å². The Balaban J connectivity index is 2.10. The number of alkyl halides is 3. The predicted octanol–water partition coefficient (Wildman–Crippen LogP) is 4.21. The summed E-state index contributed by atoms with van der Waals surface area (Å²) in [6.45, 7) is 7.51. The highest BCUT2D eigenvalue weighted by Crippen LogP contribution is 2.42. The summed E-state index contributed by atoms with van der Waals surface area (Å²) in [4.78, 5) is 50.5. The second-order valence-corrected chi connectivity index (χ2v) is 8.30. The van der Waals surface area contributed by atoms with Gasteiger partial charge in [0.1, 0.15) is 0 Å². The maximum atomic E-state index is 13.7. The zero-order chi connectivity index (χ0) is 25.3. The van der Waals surface area contributed by atoms with Crippen LogP contribution < -0.4 is 9.80 Å². The molecule has 0 spiro atoms. The number of hydrogen-bond acceptors (Lipinski definition) is 6. The zero-order valence-corrected chi connectivity index (χ0v) is 19.3. The average molecular weight is 479 g/mol. The molecule has 182 valence electrons. The largest absolute Gasteiger partial charge is 0.497 e. The van der Waals surface area contributed by atoms with Gasteiger partial charge in [0, 0.05) is 50.6 Å². The SMILES string of the molecule is CCN(CC)c1ccc(N2C(=O)C(C)(C)[N+](Cc3ccncc3)(OC(=O)C(F)(F)F)C2=O)cc1. The lowest BCUT2D eigenvalue weighted by Gasteiger charge is -2.35. The summed E-state index contributed by atoms with van der Waals surface area (Å²) in [6.07, 6.45) is -2.59. The third-order valence-electron chi connectivity index (χ3n) is 5.99. The first-order valence-corrected chi connectivity index (χ1v) is 10.7. The first-order valence-electron chi connectivity index (χ1n) is 10.7. The van der Waals surface area contributed by atoms with Crippen molar-refractivity contribution in [3.63, 3.8) is 0 Å². The van der Waals surface area contributed by atoms with Gasteiger partial charge in [0.2, 0.25) is 5.54 Å². The van der Waals surface area contributed by atoms with Crippen LogP contribution in [0, 0.1) is 0 Å². The van der Waals surface area contributed by atoms with E-state index in [1.54, 1.807) is 12.1 Å². The monoisotopic (exact) mass is 479 g/mol. The van der Waals surface area contributed by atoms with E-state index >= 15 is 0 Å². The van der Waals surface area contributed by atoms with Gasteiger partial charge in [-0.3, -0.25) is 14.6 Å². The number of imide groups is 1. The lowest BCUT2D eigenvalue weighted by atomic mass is 10.0. The smallest absolute Gasteiger partial charge is 0.372 e. The highest BCUT2D eigenvalue weighted by molar-refractivity contribution is 6.19. The van der Waals surface area contributed by atoms with Crippen molar-refractivity contribution in [2.75, 3.05) is 22.9 Å². The van der Waals surface area contributed by atoms with Crippen LogP contribution in [0.25, 0.3) is 0 Å². The van der Waals surface area contributed by atoms with Crippen molar-refractivity contribution in [3.8, 4) is 0 Å². The van der Waals surface area contributed by atoms with E-state index in [1.807, 2.05) is 13.8 Å². The fourth-order valence-electron chi connectivity index (χ4n) is 3.93. The first-order chi connectivity index (χ1) is 15.9. The molecular weight excluding hydrogens is 453 g/mol. The molecule has 34 heavy (non-hydrogen) atoms. The Kier molecular flexibility index (Phi) is 6.70. The molecule has 0 bridgehead atoms. The van der Waals surface area contributed by atoms with Gasteiger partial charge < -0.3 is 4.90 Å². The number of benzene rings is 1. The lowest BCUT2D eigenvalue weighted by Crippen LogP contribution is -2.62. The minimum absolute atomic E-state index is 0.164. The Morgan fingerprint density at radius 2 is 1.62 bits per heavy atom. The summed E-state index contributed by atoms with van der Waals surface area (Å²) in [6, 6.07) is 8.35. The number of anilines is 2. The average Bonchev–Trinajstić information content (AvgIpc) is 2.93. The molecule has 1 atom stereocenters. The highest BCUT2D eigenvalue weighted by atomic mass is 19.4. The fraction of sp³-hybridized carbons (Fsp3) is 0.391. The van der Waals surface area contributed by atoms with E-state index < -0.39 is 40.8 Å². The van der Waals surface area contributed by atoms with Crippen LogP contribution >= 0.6 is 0 Å². The van der Waals surface area contributed by atoms with Gasteiger partial charge in [-0.2, -0.15) is 18.1 Å². The molecule has 8 nitrogen and oxygen atoms in total. The molecule has 2 heterocycles. The molecule has 3 amide bonds. The van der Waals surface area contributed by atoms with Crippen molar-refractivity contribution in [2.45, 2.75) is 46.0 Å².